The molecule has 0 atom stereocenters. The van der Waals surface area contributed by atoms with Gasteiger partial charge in [0.25, 0.3) is 0 Å². The molecule has 4 aromatic rings. The van der Waals surface area contributed by atoms with E-state index in [9.17, 15) is 25.9 Å². The number of hydrogen-bond acceptors (Lipinski definition) is 6. The van der Waals surface area contributed by atoms with Crippen LogP contribution in [0.25, 0.3) is 21.5 Å². The van der Waals surface area contributed by atoms with E-state index in [4.69, 9.17) is 0 Å². The molecule has 4 rings (SSSR count). The molecule has 6 nitrogen and oxygen atoms in total. The van der Waals surface area contributed by atoms with Gasteiger partial charge in [0.1, 0.15) is 20.2 Å². The Labute approximate surface area is 300 Å². The second kappa shape index (κ2) is 18.7. The summed E-state index contributed by atoms with van der Waals surface area (Å²) in [5.74, 6) is 0. The molecule has 0 aliphatic rings. The molecule has 4 aromatic carbocycles. The molecular weight excluding hydrogens is 633 g/mol. The van der Waals surface area contributed by atoms with E-state index in [-0.39, 0.29) is 47.5 Å². The Kier molecular flexibility index (Phi) is 16.5. The zero-order valence-electron chi connectivity index (χ0n) is 27.2. The fraction of sp³-hybridized carbons (Fsp3) is 0.444. The van der Waals surface area contributed by atoms with E-state index in [2.05, 4.69) is 39.8 Å². The summed E-state index contributed by atoms with van der Waals surface area (Å²) >= 11 is 0. The monoisotopic (exact) mass is 678 g/mol. The Morgan fingerprint density at radius 3 is 1.02 bits per heavy atom. The Morgan fingerprint density at radius 1 is 0.467 bits per heavy atom. The molecule has 0 N–H and O–H groups in total. The summed E-state index contributed by atoms with van der Waals surface area (Å²) in [6.45, 7) is 8.54. The van der Waals surface area contributed by atoms with E-state index in [1.54, 1.807) is 12.1 Å². The first-order valence-corrected chi connectivity index (χ1v) is 18.8. The van der Waals surface area contributed by atoms with Gasteiger partial charge in [0.05, 0.1) is 9.79 Å². The van der Waals surface area contributed by atoms with E-state index in [0.29, 0.717) is 10.8 Å². The predicted molar refractivity (Wildman–Crippen MR) is 184 cm³/mol. The fourth-order valence-electron chi connectivity index (χ4n) is 5.81. The molecule has 0 saturated carbocycles. The van der Waals surface area contributed by atoms with Crippen molar-refractivity contribution in [2.45, 2.75) is 115 Å². The van der Waals surface area contributed by atoms with Crippen LogP contribution >= 0.6 is 0 Å². The van der Waals surface area contributed by atoms with Gasteiger partial charge in [0, 0.05) is 0 Å². The van der Waals surface area contributed by atoms with E-state index >= 15 is 0 Å². The van der Waals surface area contributed by atoms with Crippen LogP contribution in [0.15, 0.2) is 70.5 Å². The van der Waals surface area contributed by atoms with Crippen LogP contribution in [0.2, 0.25) is 0 Å². The van der Waals surface area contributed by atoms with Gasteiger partial charge in [-0.1, -0.05) is 102 Å². The zero-order valence-corrected chi connectivity index (χ0v) is 31.1. The number of benzene rings is 4. The number of hydrogen-bond donors (Lipinski definition) is 0. The zero-order chi connectivity index (χ0) is 32.3. The van der Waals surface area contributed by atoms with Crippen molar-refractivity contribution in [1.82, 2.24) is 0 Å². The van der Waals surface area contributed by atoms with Crippen LogP contribution in [0.5, 0.6) is 0 Å². The second-order valence-corrected chi connectivity index (χ2v) is 14.1. The molecule has 0 fully saturated rings. The standard InChI is InChI=1S/2C18H24O3S.Ca/c2*1-3-5-8-14-10-7-11-16-17(22(19,20)21)13-12-15(18(14)16)9-6-4-2;/h2*7,10-13H,3-6,8-9H2,1-2H3,(H,19,20,21);/q;;+2/p-2. The van der Waals surface area contributed by atoms with Gasteiger partial charge in [-0.2, -0.15) is 0 Å². The molecule has 9 heteroatoms. The van der Waals surface area contributed by atoms with Gasteiger partial charge in [-0.15, -0.1) is 0 Å². The molecule has 0 spiro atoms. The summed E-state index contributed by atoms with van der Waals surface area (Å²) < 4.78 is 69.3. The Morgan fingerprint density at radius 2 is 0.756 bits per heavy atom. The minimum Gasteiger partial charge on any atom is -0.744 e. The molecule has 0 radical (unpaired) electrons. The number of unbranched alkanes of at least 4 members (excludes halogenated alkanes) is 4. The summed E-state index contributed by atoms with van der Waals surface area (Å²) in [4.78, 5) is -0.192. The average molecular weight is 679 g/mol. The second-order valence-electron chi connectivity index (χ2n) is 11.4. The maximum atomic E-state index is 11.5. The van der Waals surface area contributed by atoms with Gasteiger partial charge in [-0.3, -0.25) is 0 Å². The van der Waals surface area contributed by atoms with Crippen molar-refractivity contribution in [3.8, 4) is 0 Å². The molecule has 0 amide bonds. The van der Waals surface area contributed by atoms with Gasteiger partial charge in [0.2, 0.25) is 0 Å². The van der Waals surface area contributed by atoms with Crippen molar-refractivity contribution >= 4 is 79.5 Å². The third kappa shape index (κ3) is 10.7. The number of rotatable bonds is 14. The third-order valence-corrected chi connectivity index (χ3v) is 9.87. The van der Waals surface area contributed by atoms with Crippen LogP contribution in [0.3, 0.4) is 0 Å². The largest absolute Gasteiger partial charge is 2.00 e. The predicted octanol–water partition coefficient (Wildman–Crippen LogP) is 8.48. The Hall–Kier alpha value is -1.52. The Bertz CT molecular complexity index is 1610. The van der Waals surface area contributed by atoms with E-state index in [1.807, 2.05) is 24.3 Å². The van der Waals surface area contributed by atoms with Crippen LogP contribution in [0.1, 0.15) is 101 Å². The van der Waals surface area contributed by atoms with Gasteiger partial charge in [0.15, 0.2) is 0 Å². The summed E-state index contributed by atoms with van der Waals surface area (Å²) in [6, 6.07) is 17.9. The molecule has 240 valence electrons. The first-order valence-electron chi connectivity index (χ1n) is 16.0. The number of aryl methyl sites for hydroxylation is 4. The SMILES string of the molecule is CCCCc1cccc2c(S(=O)(=O)[O-])ccc(CCCC)c12.CCCCc1cccc2c(S(=O)(=O)[O-])ccc(CCCC)c12.[Ca+2]. The van der Waals surface area contributed by atoms with E-state index in [1.165, 1.54) is 12.1 Å². The molecule has 0 aromatic heterocycles. The van der Waals surface area contributed by atoms with Gasteiger partial charge < -0.3 is 9.11 Å². The van der Waals surface area contributed by atoms with Gasteiger partial charge in [-0.25, -0.2) is 16.8 Å². The average Bonchev–Trinajstić information content (AvgIpc) is 2.99. The topological polar surface area (TPSA) is 114 Å². The molecule has 0 aliphatic carbocycles. The van der Waals surface area contributed by atoms with Crippen molar-refractivity contribution in [1.29, 1.82) is 0 Å². The number of fused-ring (bicyclic) bond motifs is 2. The molecule has 0 bridgehead atoms. The van der Waals surface area contributed by atoms with Gasteiger partial charge in [-0.05, 0) is 107 Å². The maximum Gasteiger partial charge on any atom is 2.00 e. The Balaban J connectivity index is 0.000000307. The molecule has 0 heterocycles. The quantitative estimate of drug-likeness (QED) is 0.0976. The molecular formula is C36H46CaO6S2. The van der Waals surface area contributed by atoms with Crippen molar-refractivity contribution in [2.24, 2.45) is 0 Å². The molecule has 0 unspecified atom stereocenters. The fourth-order valence-corrected chi connectivity index (χ4v) is 7.15. The van der Waals surface area contributed by atoms with E-state index < -0.39 is 20.2 Å². The minimum absolute atomic E-state index is 0. The van der Waals surface area contributed by atoms with Crippen LogP contribution in [-0.2, 0) is 45.9 Å². The van der Waals surface area contributed by atoms with Crippen LogP contribution < -0.4 is 0 Å². The van der Waals surface area contributed by atoms with Crippen molar-refractivity contribution in [3.05, 3.63) is 82.9 Å². The van der Waals surface area contributed by atoms with Crippen molar-refractivity contribution < 1.29 is 25.9 Å². The smallest absolute Gasteiger partial charge is 0.744 e. The van der Waals surface area contributed by atoms with Crippen molar-refractivity contribution in [3.63, 3.8) is 0 Å². The van der Waals surface area contributed by atoms with Crippen LogP contribution in [0, 0.1) is 0 Å². The minimum atomic E-state index is -4.45. The molecule has 0 saturated heterocycles. The summed E-state index contributed by atoms with van der Waals surface area (Å²) in [5, 5.41) is 3.11. The summed E-state index contributed by atoms with van der Waals surface area (Å²) in [7, 11) is -8.91. The first-order chi connectivity index (χ1) is 21.0. The molecule has 45 heavy (non-hydrogen) atoms. The first kappa shape index (κ1) is 39.7. The van der Waals surface area contributed by atoms with Crippen LogP contribution in [0.4, 0.5) is 0 Å². The molecule has 0 aliphatic heterocycles. The van der Waals surface area contributed by atoms with Crippen molar-refractivity contribution in [2.75, 3.05) is 0 Å². The maximum absolute atomic E-state index is 11.5. The normalized spacial score (nSPS) is 11.7. The van der Waals surface area contributed by atoms with E-state index in [0.717, 1.165) is 110 Å². The van der Waals surface area contributed by atoms with Gasteiger partial charge >= 0.3 is 37.7 Å². The third-order valence-electron chi connectivity index (χ3n) is 8.08. The van der Waals surface area contributed by atoms with Crippen LogP contribution in [-0.4, -0.2) is 63.7 Å². The summed E-state index contributed by atoms with van der Waals surface area (Å²) in [5.41, 5.74) is 4.60. The summed E-state index contributed by atoms with van der Waals surface area (Å²) in [6.07, 6.45) is 12.2.